The third kappa shape index (κ3) is 11.9. The second kappa shape index (κ2) is 17.4. The average Bonchev–Trinajstić information content (AvgIpc) is 2.66. The van der Waals surface area contributed by atoms with Crippen molar-refractivity contribution in [3.63, 3.8) is 0 Å². The largest absolute Gasteiger partial charge is 0.317 e. The smallest absolute Gasteiger partial charge is 0.0973 e. The molecule has 3 nitrogen and oxygen atoms in total. The summed E-state index contributed by atoms with van der Waals surface area (Å²) in [6.07, 6.45) is 15.6. The summed E-state index contributed by atoms with van der Waals surface area (Å²) in [6, 6.07) is 0. The van der Waals surface area contributed by atoms with Crippen molar-refractivity contribution < 1.29 is 4.48 Å². The van der Waals surface area contributed by atoms with Crippen LogP contribution in [0.15, 0.2) is 75.9 Å². The van der Waals surface area contributed by atoms with Gasteiger partial charge in [0.2, 0.25) is 0 Å². The van der Waals surface area contributed by atoms with Crippen molar-refractivity contribution in [3.05, 3.63) is 75.9 Å². The van der Waals surface area contributed by atoms with Crippen LogP contribution in [0.5, 0.6) is 0 Å². The van der Waals surface area contributed by atoms with Gasteiger partial charge in [0.1, 0.15) is 0 Å². The summed E-state index contributed by atoms with van der Waals surface area (Å²) < 4.78 is 1.05. The Kier molecular flexibility index (Phi) is 16.4. The lowest BCUT2D eigenvalue weighted by Gasteiger charge is -2.38. The van der Waals surface area contributed by atoms with Crippen LogP contribution in [0.1, 0.15) is 19.3 Å². The monoisotopic (exact) mass is 386 g/mol. The SMILES string of the molecule is C=CCN(CC=C)CCCC[N+](CC=C)(CC=C)CCCN(CC=C)CC=C. The molecule has 158 valence electrons. The van der Waals surface area contributed by atoms with Gasteiger partial charge in [-0.3, -0.25) is 9.80 Å². The molecular weight excluding hydrogens is 342 g/mol. The van der Waals surface area contributed by atoms with Crippen molar-refractivity contribution in [2.45, 2.75) is 19.3 Å². The van der Waals surface area contributed by atoms with Crippen LogP contribution in [0.3, 0.4) is 0 Å². The highest BCUT2D eigenvalue weighted by Crippen LogP contribution is 2.13. The molecule has 0 saturated heterocycles. The maximum atomic E-state index is 4.02. The molecule has 0 aromatic carbocycles. The van der Waals surface area contributed by atoms with Crippen molar-refractivity contribution >= 4 is 0 Å². The topological polar surface area (TPSA) is 6.48 Å². The first-order valence-corrected chi connectivity index (χ1v) is 10.6. The summed E-state index contributed by atoms with van der Waals surface area (Å²) in [5, 5.41) is 0. The molecule has 3 heteroatoms. The van der Waals surface area contributed by atoms with Crippen LogP contribution in [0.4, 0.5) is 0 Å². The fraction of sp³-hybridized carbons (Fsp3) is 0.520. The van der Waals surface area contributed by atoms with Gasteiger partial charge < -0.3 is 4.48 Å². The Balaban J connectivity index is 4.71. The van der Waals surface area contributed by atoms with Gasteiger partial charge in [-0.15, -0.1) is 26.3 Å². The minimum atomic E-state index is 0.914. The van der Waals surface area contributed by atoms with Crippen LogP contribution in [0.2, 0.25) is 0 Å². The van der Waals surface area contributed by atoms with Crippen molar-refractivity contribution in [1.82, 2.24) is 9.80 Å². The standard InChI is InChI=1S/C25H44N3/c1-7-16-26(17-8-2)20-13-14-24-28(22-11-5,23-12-6)25-15-21-27(18-9-3)19-10-4/h7-12H,1-6,13-25H2/q+1. The zero-order valence-corrected chi connectivity index (χ0v) is 18.2. The summed E-state index contributed by atoms with van der Waals surface area (Å²) in [7, 11) is 0. The molecule has 0 atom stereocenters. The molecule has 0 aliphatic carbocycles. The van der Waals surface area contributed by atoms with Crippen molar-refractivity contribution in [1.29, 1.82) is 0 Å². The molecule has 28 heavy (non-hydrogen) atoms. The number of nitrogens with zero attached hydrogens (tertiary/aromatic N) is 3. The van der Waals surface area contributed by atoms with E-state index in [0.717, 1.165) is 76.4 Å². The molecular formula is C25H44N3+. The second-order valence-corrected chi connectivity index (χ2v) is 7.47. The number of hydrogen-bond acceptors (Lipinski definition) is 2. The van der Waals surface area contributed by atoms with Gasteiger partial charge in [0.05, 0.1) is 26.2 Å². The van der Waals surface area contributed by atoms with Crippen LogP contribution in [-0.2, 0) is 0 Å². The predicted molar refractivity (Wildman–Crippen MR) is 128 cm³/mol. The first-order valence-electron chi connectivity index (χ1n) is 10.6. The third-order valence-corrected chi connectivity index (χ3v) is 5.05. The lowest BCUT2D eigenvalue weighted by Crippen LogP contribution is -2.50. The van der Waals surface area contributed by atoms with Gasteiger partial charge >= 0.3 is 0 Å². The molecule has 0 unspecified atom stereocenters. The molecule has 0 aromatic rings. The van der Waals surface area contributed by atoms with Gasteiger partial charge in [-0.05, 0) is 31.5 Å². The Hall–Kier alpha value is -1.68. The van der Waals surface area contributed by atoms with E-state index >= 15 is 0 Å². The number of quaternary nitrogens is 1. The zero-order valence-electron chi connectivity index (χ0n) is 18.2. The van der Waals surface area contributed by atoms with Crippen molar-refractivity contribution in [2.24, 2.45) is 0 Å². The fourth-order valence-electron chi connectivity index (χ4n) is 3.76. The minimum absolute atomic E-state index is 0.914. The molecule has 0 spiro atoms. The molecule has 0 aliphatic heterocycles. The molecule has 0 aliphatic rings. The summed E-state index contributed by atoms with van der Waals surface area (Å²) in [4.78, 5) is 4.77. The quantitative estimate of drug-likeness (QED) is 0.160. The highest BCUT2D eigenvalue weighted by molar-refractivity contribution is 4.81. The molecule has 0 amide bonds. The van der Waals surface area contributed by atoms with Crippen LogP contribution in [-0.4, -0.2) is 79.7 Å². The van der Waals surface area contributed by atoms with Gasteiger partial charge in [0.25, 0.3) is 0 Å². The van der Waals surface area contributed by atoms with E-state index in [9.17, 15) is 0 Å². The van der Waals surface area contributed by atoms with Gasteiger partial charge in [-0.1, -0.05) is 37.5 Å². The number of unbranched alkanes of at least 4 members (excludes halogenated alkanes) is 1. The van der Waals surface area contributed by atoms with E-state index in [1.54, 1.807) is 0 Å². The maximum Gasteiger partial charge on any atom is 0.0973 e. The zero-order chi connectivity index (χ0) is 21.1. The maximum absolute atomic E-state index is 4.02. The van der Waals surface area contributed by atoms with Crippen LogP contribution in [0.25, 0.3) is 0 Å². The third-order valence-electron chi connectivity index (χ3n) is 5.05. The summed E-state index contributed by atoms with van der Waals surface area (Å²) in [5.74, 6) is 0. The number of rotatable bonds is 21. The molecule has 0 saturated carbocycles. The molecule has 0 radical (unpaired) electrons. The molecule has 0 N–H and O–H groups in total. The Morgan fingerprint density at radius 1 is 0.500 bits per heavy atom. The van der Waals surface area contributed by atoms with E-state index in [1.165, 1.54) is 12.8 Å². The van der Waals surface area contributed by atoms with Crippen LogP contribution in [0, 0.1) is 0 Å². The normalized spacial score (nSPS) is 11.4. The first-order chi connectivity index (χ1) is 13.6. The van der Waals surface area contributed by atoms with Gasteiger partial charge in [0, 0.05) is 39.1 Å². The fourth-order valence-corrected chi connectivity index (χ4v) is 3.76. The highest BCUT2D eigenvalue weighted by Gasteiger charge is 2.24. The van der Waals surface area contributed by atoms with Crippen molar-refractivity contribution in [3.8, 4) is 0 Å². The lowest BCUT2D eigenvalue weighted by atomic mass is 10.2. The Morgan fingerprint density at radius 3 is 1.29 bits per heavy atom. The van der Waals surface area contributed by atoms with Gasteiger partial charge in [-0.2, -0.15) is 0 Å². The van der Waals surface area contributed by atoms with E-state index in [2.05, 4.69) is 61.4 Å². The summed E-state index contributed by atoms with van der Waals surface area (Å²) in [6.45, 7) is 33.6. The van der Waals surface area contributed by atoms with Gasteiger partial charge in [0.15, 0.2) is 0 Å². The van der Waals surface area contributed by atoms with Crippen LogP contribution < -0.4 is 0 Å². The van der Waals surface area contributed by atoms with E-state index in [0.29, 0.717) is 0 Å². The second-order valence-electron chi connectivity index (χ2n) is 7.47. The van der Waals surface area contributed by atoms with Gasteiger partial charge in [-0.25, -0.2) is 0 Å². The highest BCUT2D eigenvalue weighted by atomic mass is 15.3. The first kappa shape index (κ1) is 26.3. The van der Waals surface area contributed by atoms with Crippen molar-refractivity contribution in [2.75, 3.05) is 65.4 Å². The molecule has 0 aromatic heterocycles. The Bertz CT molecular complexity index is 436. The van der Waals surface area contributed by atoms with Crippen LogP contribution >= 0.6 is 0 Å². The molecule has 0 bridgehead atoms. The van der Waals surface area contributed by atoms with E-state index in [1.807, 2.05) is 24.3 Å². The number of hydrogen-bond donors (Lipinski definition) is 0. The molecule has 0 fully saturated rings. The molecule has 0 heterocycles. The summed E-state index contributed by atoms with van der Waals surface area (Å²) in [5.41, 5.74) is 0. The van der Waals surface area contributed by atoms with E-state index in [-0.39, 0.29) is 0 Å². The average molecular weight is 387 g/mol. The molecule has 0 rings (SSSR count). The van der Waals surface area contributed by atoms with E-state index < -0.39 is 0 Å². The van der Waals surface area contributed by atoms with E-state index in [4.69, 9.17) is 0 Å². The lowest BCUT2D eigenvalue weighted by molar-refractivity contribution is -0.917. The Labute approximate surface area is 175 Å². The Morgan fingerprint density at radius 2 is 0.893 bits per heavy atom. The minimum Gasteiger partial charge on any atom is -0.317 e. The predicted octanol–water partition coefficient (Wildman–Crippen LogP) is 4.69. The summed E-state index contributed by atoms with van der Waals surface area (Å²) >= 11 is 0.